The standard InChI is InChI=1S/C33H38O4P2/c1-24(38(30-15-7-26(34-3)8-16-30)31-17-9-27(35-4)10-18-31)23-25(2)39(32-19-11-28(36-5)12-20-32)33-21-13-29(37-6)14-22-33/h7-22,24-25H,23H2,1-6H3/t24-,25-/m1/s1. The van der Waals surface area contributed by atoms with E-state index in [2.05, 4.69) is 111 Å². The smallest absolute Gasteiger partial charge is 0.118 e. The second-order valence-electron chi connectivity index (χ2n) is 9.47. The quantitative estimate of drug-likeness (QED) is 0.187. The molecule has 39 heavy (non-hydrogen) atoms. The summed E-state index contributed by atoms with van der Waals surface area (Å²) in [7, 11) is 5.66. The number of benzene rings is 4. The SMILES string of the molecule is COc1ccc(P(c2ccc(OC)cc2)[C@H](C)C[C@@H](C)P(c2ccc(OC)cc2)c2ccc(OC)cc2)cc1. The van der Waals surface area contributed by atoms with Crippen molar-refractivity contribution in [2.75, 3.05) is 28.4 Å². The average molecular weight is 561 g/mol. The summed E-state index contributed by atoms with van der Waals surface area (Å²) in [6, 6.07) is 34.4. The maximum Gasteiger partial charge on any atom is 0.118 e. The van der Waals surface area contributed by atoms with Gasteiger partial charge >= 0.3 is 0 Å². The van der Waals surface area contributed by atoms with Crippen LogP contribution in [0.1, 0.15) is 20.3 Å². The summed E-state index contributed by atoms with van der Waals surface area (Å²) in [5.41, 5.74) is 0.913. The zero-order chi connectivity index (χ0) is 27.8. The maximum absolute atomic E-state index is 5.45. The molecule has 0 amide bonds. The van der Waals surface area contributed by atoms with Crippen LogP contribution in [0.5, 0.6) is 23.0 Å². The summed E-state index contributed by atoms with van der Waals surface area (Å²) < 4.78 is 21.8. The van der Waals surface area contributed by atoms with Crippen LogP contribution in [-0.2, 0) is 0 Å². The van der Waals surface area contributed by atoms with Gasteiger partial charge in [-0.15, -0.1) is 0 Å². The topological polar surface area (TPSA) is 36.9 Å². The van der Waals surface area contributed by atoms with Crippen molar-refractivity contribution in [1.29, 1.82) is 0 Å². The summed E-state index contributed by atoms with van der Waals surface area (Å²) in [6.45, 7) is 4.82. The summed E-state index contributed by atoms with van der Waals surface area (Å²) in [4.78, 5) is 0. The highest BCUT2D eigenvalue weighted by Gasteiger charge is 2.28. The Balaban J connectivity index is 1.68. The van der Waals surface area contributed by atoms with Crippen molar-refractivity contribution >= 4 is 37.1 Å². The van der Waals surface area contributed by atoms with Crippen molar-refractivity contribution in [1.82, 2.24) is 0 Å². The van der Waals surface area contributed by atoms with Gasteiger partial charge < -0.3 is 18.9 Å². The molecule has 0 aliphatic carbocycles. The molecule has 0 aromatic heterocycles. The third kappa shape index (κ3) is 7.13. The Hall–Kier alpha value is -3.06. The number of hydrogen-bond donors (Lipinski definition) is 0. The van der Waals surface area contributed by atoms with Crippen LogP contribution >= 0.6 is 15.8 Å². The molecule has 0 bridgehead atoms. The molecule has 0 aliphatic heterocycles. The minimum atomic E-state index is -0.598. The van der Waals surface area contributed by atoms with E-state index in [0.717, 1.165) is 29.4 Å². The largest absolute Gasteiger partial charge is 0.497 e. The van der Waals surface area contributed by atoms with E-state index in [-0.39, 0.29) is 0 Å². The molecule has 4 aromatic carbocycles. The predicted molar refractivity (Wildman–Crippen MR) is 168 cm³/mol. The van der Waals surface area contributed by atoms with Gasteiger partial charge in [0.05, 0.1) is 28.4 Å². The Kier molecular flexibility index (Phi) is 10.3. The van der Waals surface area contributed by atoms with E-state index in [9.17, 15) is 0 Å². The van der Waals surface area contributed by atoms with Gasteiger partial charge in [-0.25, -0.2) is 0 Å². The first-order valence-corrected chi connectivity index (χ1v) is 15.9. The van der Waals surface area contributed by atoms with Crippen molar-refractivity contribution in [3.63, 3.8) is 0 Å². The fourth-order valence-electron chi connectivity index (χ4n) is 4.99. The van der Waals surface area contributed by atoms with Crippen molar-refractivity contribution in [2.24, 2.45) is 0 Å². The minimum Gasteiger partial charge on any atom is -0.497 e. The van der Waals surface area contributed by atoms with E-state index in [1.807, 2.05) is 0 Å². The molecule has 4 aromatic rings. The van der Waals surface area contributed by atoms with Crippen LogP contribution in [0.4, 0.5) is 0 Å². The second-order valence-corrected chi connectivity index (χ2v) is 14.8. The average Bonchev–Trinajstić information content (AvgIpc) is 2.99. The first-order chi connectivity index (χ1) is 19.0. The molecule has 0 fully saturated rings. The van der Waals surface area contributed by atoms with E-state index in [1.165, 1.54) is 21.2 Å². The molecule has 0 saturated heterocycles. The van der Waals surface area contributed by atoms with E-state index < -0.39 is 15.8 Å². The van der Waals surface area contributed by atoms with E-state index in [0.29, 0.717) is 11.3 Å². The predicted octanol–water partition coefficient (Wildman–Crippen LogP) is 6.45. The van der Waals surface area contributed by atoms with E-state index >= 15 is 0 Å². The van der Waals surface area contributed by atoms with Crippen molar-refractivity contribution in [3.05, 3.63) is 97.1 Å². The van der Waals surface area contributed by atoms with Crippen molar-refractivity contribution < 1.29 is 18.9 Å². The van der Waals surface area contributed by atoms with Crippen molar-refractivity contribution in [2.45, 2.75) is 31.6 Å². The molecule has 4 rings (SSSR count). The van der Waals surface area contributed by atoms with Gasteiger partial charge in [-0.3, -0.25) is 0 Å². The Morgan fingerprint density at radius 3 is 0.795 bits per heavy atom. The Morgan fingerprint density at radius 2 is 0.615 bits per heavy atom. The molecule has 2 atom stereocenters. The lowest BCUT2D eigenvalue weighted by atomic mass is 10.2. The molecule has 4 nitrogen and oxygen atoms in total. The van der Waals surface area contributed by atoms with Gasteiger partial charge in [0.1, 0.15) is 23.0 Å². The Morgan fingerprint density at radius 1 is 0.410 bits per heavy atom. The Bertz CT molecular complexity index is 1090. The third-order valence-electron chi connectivity index (χ3n) is 6.97. The summed E-state index contributed by atoms with van der Waals surface area (Å²) in [6.07, 6.45) is 1.09. The van der Waals surface area contributed by atoms with Gasteiger partial charge in [0.25, 0.3) is 0 Å². The maximum atomic E-state index is 5.45. The number of methoxy groups -OCH3 is 4. The monoisotopic (exact) mass is 560 g/mol. The normalized spacial score (nSPS) is 12.7. The molecular formula is C33H38O4P2. The summed E-state index contributed by atoms with van der Waals surface area (Å²) in [5.74, 6) is 3.53. The molecule has 0 spiro atoms. The molecule has 6 heteroatoms. The van der Waals surface area contributed by atoms with Crippen LogP contribution in [0.25, 0.3) is 0 Å². The number of hydrogen-bond acceptors (Lipinski definition) is 4. The Labute approximate surface area is 235 Å². The third-order valence-corrected chi connectivity index (χ3v) is 12.6. The van der Waals surface area contributed by atoms with Gasteiger partial charge in [-0.05, 0) is 103 Å². The van der Waals surface area contributed by atoms with Crippen LogP contribution in [0.3, 0.4) is 0 Å². The van der Waals surface area contributed by atoms with Gasteiger partial charge in [-0.1, -0.05) is 62.4 Å². The fraction of sp³-hybridized carbons (Fsp3) is 0.273. The minimum absolute atomic E-state index is 0.457. The molecule has 0 unspecified atom stereocenters. The fourth-order valence-corrected chi connectivity index (χ4v) is 10.7. The molecule has 0 N–H and O–H groups in total. The molecule has 0 heterocycles. The highest BCUT2D eigenvalue weighted by atomic mass is 31.1. The second kappa shape index (κ2) is 13.8. The zero-order valence-corrected chi connectivity index (χ0v) is 25.4. The van der Waals surface area contributed by atoms with Gasteiger partial charge in [-0.2, -0.15) is 0 Å². The summed E-state index contributed by atoms with van der Waals surface area (Å²) in [5, 5.41) is 5.42. The highest BCUT2D eigenvalue weighted by Crippen LogP contribution is 2.48. The van der Waals surface area contributed by atoms with Crippen molar-refractivity contribution in [3.8, 4) is 23.0 Å². The molecular weight excluding hydrogens is 522 g/mol. The van der Waals surface area contributed by atoms with Crippen LogP contribution in [0.15, 0.2) is 97.1 Å². The first-order valence-electron chi connectivity index (χ1n) is 13.1. The van der Waals surface area contributed by atoms with Crippen LogP contribution < -0.4 is 40.2 Å². The molecule has 0 radical (unpaired) electrons. The highest BCUT2D eigenvalue weighted by molar-refractivity contribution is 7.74. The number of rotatable bonds is 12. The van der Waals surface area contributed by atoms with Gasteiger partial charge in [0.2, 0.25) is 0 Å². The summed E-state index contributed by atoms with van der Waals surface area (Å²) >= 11 is 0. The number of ether oxygens (including phenoxy) is 4. The van der Waals surface area contributed by atoms with Crippen LogP contribution in [-0.4, -0.2) is 39.8 Å². The van der Waals surface area contributed by atoms with E-state index in [1.54, 1.807) is 28.4 Å². The van der Waals surface area contributed by atoms with E-state index in [4.69, 9.17) is 18.9 Å². The molecule has 0 aliphatic rings. The van der Waals surface area contributed by atoms with Gasteiger partial charge in [0, 0.05) is 0 Å². The molecule has 204 valence electrons. The lowest BCUT2D eigenvalue weighted by Gasteiger charge is -2.32. The van der Waals surface area contributed by atoms with Crippen LogP contribution in [0, 0.1) is 0 Å². The van der Waals surface area contributed by atoms with Gasteiger partial charge in [0.15, 0.2) is 0 Å². The van der Waals surface area contributed by atoms with Crippen LogP contribution in [0.2, 0.25) is 0 Å². The lowest BCUT2D eigenvalue weighted by Crippen LogP contribution is -2.26. The lowest BCUT2D eigenvalue weighted by molar-refractivity contribution is 0.415. The zero-order valence-electron chi connectivity index (χ0n) is 23.6. The first kappa shape index (κ1) is 28.9. The molecule has 0 saturated carbocycles.